The molecule has 0 radical (unpaired) electrons. The zero-order chi connectivity index (χ0) is 19.0. The minimum absolute atomic E-state index is 0.498. The Hall–Kier alpha value is -2.16. The molecule has 28 heavy (non-hydrogen) atoms. The largest absolute Gasteiger partial charge is 0.389 e. The lowest BCUT2D eigenvalue weighted by atomic mass is 9.73. The van der Waals surface area contributed by atoms with E-state index in [4.69, 9.17) is 0 Å². The summed E-state index contributed by atoms with van der Waals surface area (Å²) >= 11 is 0. The Kier molecular flexibility index (Phi) is 4.70. The number of piperidine rings is 2. The van der Waals surface area contributed by atoms with Crippen molar-refractivity contribution in [1.29, 1.82) is 0 Å². The van der Waals surface area contributed by atoms with E-state index in [-0.39, 0.29) is 0 Å². The van der Waals surface area contributed by atoms with Gasteiger partial charge in [0.15, 0.2) is 0 Å². The highest BCUT2D eigenvalue weighted by atomic mass is 16.3. The van der Waals surface area contributed by atoms with Crippen LogP contribution in [-0.4, -0.2) is 27.7 Å². The summed E-state index contributed by atoms with van der Waals surface area (Å²) in [6.45, 7) is 1.02. The molecule has 3 aromatic carbocycles. The van der Waals surface area contributed by atoms with Gasteiger partial charge >= 0.3 is 0 Å². The molecule has 2 bridgehead atoms. The Balaban J connectivity index is 1.35. The molecule has 2 heteroatoms. The van der Waals surface area contributed by atoms with Crippen molar-refractivity contribution in [2.45, 2.75) is 62.8 Å². The van der Waals surface area contributed by atoms with E-state index in [2.05, 4.69) is 77.7 Å². The third-order valence-corrected chi connectivity index (χ3v) is 6.80. The van der Waals surface area contributed by atoms with Crippen LogP contribution >= 0.6 is 0 Å². The molecule has 2 fully saturated rings. The molecule has 2 nitrogen and oxygen atoms in total. The Morgan fingerprint density at radius 2 is 1.46 bits per heavy atom. The summed E-state index contributed by atoms with van der Waals surface area (Å²) in [6, 6.07) is 26.9. The minimum atomic E-state index is -0.578. The molecule has 2 aliphatic rings. The Labute approximate surface area is 167 Å². The Bertz CT molecular complexity index is 937. The van der Waals surface area contributed by atoms with Crippen molar-refractivity contribution in [3.63, 3.8) is 0 Å². The fourth-order valence-corrected chi connectivity index (χ4v) is 5.54. The average Bonchev–Trinajstić information content (AvgIpc) is 2.69. The van der Waals surface area contributed by atoms with Crippen molar-refractivity contribution in [3.05, 3.63) is 83.9 Å². The van der Waals surface area contributed by atoms with Gasteiger partial charge in [-0.1, -0.05) is 79.2 Å². The Morgan fingerprint density at radius 1 is 0.786 bits per heavy atom. The molecule has 144 valence electrons. The minimum Gasteiger partial charge on any atom is -0.389 e. The molecular weight excluding hydrogens is 342 g/mol. The van der Waals surface area contributed by atoms with Gasteiger partial charge in [0.05, 0.1) is 5.60 Å². The lowest BCUT2D eigenvalue weighted by molar-refractivity contribution is -0.0946. The molecule has 0 spiro atoms. The summed E-state index contributed by atoms with van der Waals surface area (Å²) in [5.41, 5.74) is 2.07. The van der Waals surface area contributed by atoms with E-state index in [9.17, 15) is 5.11 Å². The predicted octanol–water partition coefficient (Wildman–Crippen LogP) is 5.33. The van der Waals surface area contributed by atoms with Crippen molar-refractivity contribution >= 4 is 10.8 Å². The van der Waals surface area contributed by atoms with Crippen LogP contribution in [-0.2, 0) is 13.0 Å². The van der Waals surface area contributed by atoms with Crippen LogP contribution in [0.15, 0.2) is 72.8 Å². The number of rotatable bonds is 4. The summed E-state index contributed by atoms with van der Waals surface area (Å²) in [5, 5.41) is 14.1. The van der Waals surface area contributed by atoms with Gasteiger partial charge < -0.3 is 5.11 Å². The van der Waals surface area contributed by atoms with Gasteiger partial charge in [0.2, 0.25) is 0 Å². The second-order valence-electron chi connectivity index (χ2n) is 8.89. The molecule has 0 saturated carbocycles. The van der Waals surface area contributed by atoms with Crippen molar-refractivity contribution in [1.82, 2.24) is 4.90 Å². The number of hydrogen-bond acceptors (Lipinski definition) is 2. The van der Waals surface area contributed by atoms with E-state index in [0.29, 0.717) is 12.1 Å². The van der Waals surface area contributed by atoms with E-state index in [1.54, 1.807) is 0 Å². The van der Waals surface area contributed by atoms with Crippen LogP contribution in [0, 0.1) is 0 Å². The summed E-state index contributed by atoms with van der Waals surface area (Å²) in [5.74, 6) is 0. The lowest BCUT2D eigenvalue weighted by Crippen LogP contribution is -2.58. The molecule has 5 rings (SSSR count). The highest BCUT2D eigenvalue weighted by Crippen LogP contribution is 2.41. The zero-order valence-electron chi connectivity index (χ0n) is 16.4. The van der Waals surface area contributed by atoms with Gasteiger partial charge in [-0.25, -0.2) is 0 Å². The van der Waals surface area contributed by atoms with E-state index in [1.165, 1.54) is 41.2 Å². The maximum absolute atomic E-state index is 11.6. The molecular formula is C26H29NO. The van der Waals surface area contributed by atoms with Crippen molar-refractivity contribution in [3.8, 4) is 0 Å². The maximum Gasteiger partial charge on any atom is 0.0717 e. The first-order valence-corrected chi connectivity index (χ1v) is 10.7. The summed E-state index contributed by atoms with van der Waals surface area (Å²) in [7, 11) is 0. The molecule has 2 saturated heterocycles. The second kappa shape index (κ2) is 7.35. The van der Waals surface area contributed by atoms with Crippen LogP contribution in [0.4, 0.5) is 0 Å². The predicted molar refractivity (Wildman–Crippen MR) is 115 cm³/mol. The third-order valence-electron chi connectivity index (χ3n) is 6.80. The van der Waals surface area contributed by atoms with Crippen LogP contribution < -0.4 is 0 Å². The highest BCUT2D eigenvalue weighted by Gasteiger charge is 2.45. The van der Waals surface area contributed by atoms with E-state index >= 15 is 0 Å². The highest BCUT2D eigenvalue weighted by molar-refractivity contribution is 5.83. The summed E-state index contributed by atoms with van der Waals surface area (Å²) in [6.07, 6.45) is 6.27. The van der Waals surface area contributed by atoms with Gasteiger partial charge in [-0.05, 0) is 47.6 Å². The number of aliphatic hydroxyl groups is 1. The van der Waals surface area contributed by atoms with Gasteiger partial charge in [-0.15, -0.1) is 0 Å². The molecule has 0 aliphatic carbocycles. The van der Waals surface area contributed by atoms with E-state index < -0.39 is 5.60 Å². The van der Waals surface area contributed by atoms with E-state index in [0.717, 1.165) is 25.8 Å². The first-order chi connectivity index (χ1) is 13.7. The quantitative estimate of drug-likeness (QED) is 0.670. The normalized spacial score (nSPS) is 27.8. The first kappa shape index (κ1) is 17.9. The summed E-state index contributed by atoms with van der Waals surface area (Å²) in [4.78, 5) is 2.67. The lowest BCUT2D eigenvalue weighted by Gasteiger charge is -2.52. The van der Waals surface area contributed by atoms with Gasteiger partial charge in [0.25, 0.3) is 0 Å². The summed E-state index contributed by atoms with van der Waals surface area (Å²) < 4.78 is 0. The monoisotopic (exact) mass is 371 g/mol. The van der Waals surface area contributed by atoms with E-state index in [1.807, 2.05) is 0 Å². The first-order valence-electron chi connectivity index (χ1n) is 10.7. The topological polar surface area (TPSA) is 23.5 Å². The molecule has 2 heterocycles. The van der Waals surface area contributed by atoms with Crippen LogP contribution in [0.1, 0.15) is 43.2 Å². The number of nitrogens with zero attached hydrogens (tertiary/aromatic N) is 1. The molecule has 1 N–H and O–H groups in total. The zero-order valence-corrected chi connectivity index (χ0v) is 16.4. The van der Waals surface area contributed by atoms with Gasteiger partial charge in [0, 0.05) is 25.0 Å². The molecule has 2 atom stereocenters. The van der Waals surface area contributed by atoms with Crippen LogP contribution in [0.25, 0.3) is 10.8 Å². The van der Waals surface area contributed by atoms with Crippen molar-refractivity contribution < 1.29 is 5.11 Å². The molecule has 2 unspecified atom stereocenters. The number of hydrogen-bond donors (Lipinski definition) is 1. The standard InChI is InChI=1S/C26H29NO/c28-26(16-21-13-14-22-9-4-5-10-23(22)15-21)17-24-11-6-12-25(18-26)27(24)19-20-7-2-1-3-8-20/h1-5,7-10,13-15,24-25,28H,6,11-12,16-19H2. The maximum atomic E-state index is 11.6. The fourth-order valence-electron chi connectivity index (χ4n) is 5.54. The smallest absolute Gasteiger partial charge is 0.0717 e. The third kappa shape index (κ3) is 3.59. The van der Waals surface area contributed by atoms with Gasteiger partial charge in [-0.3, -0.25) is 4.90 Å². The Morgan fingerprint density at radius 3 is 2.21 bits per heavy atom. The molecule has 0 amide bonds. The van der Waals surface area contributed by atoms with Crippen molar-refractivity contribution in [2.24, 2.45) is 0 Å². The average molecular weight is 372 g/mol. The second-order valence-corrected chi connectivity index (χ2v) is 8.89. The molecule has 2 aliphatic heterocycles. The molecule has 0 aromatic heterocycles. The molecule has 3 aromatic rings. The number of benzene rings is 3. The van der Waals surface area contributed by atoms with Gasteiger partial charge in [0.1, 0.15) is 0 Å². The van der Waals surface area contributed by atoms with Crippen LogP contribution in [0.2, 0.25) is 0 Å². The van der Waals surface area contributed by atoms with Crippen molar-refractivity contribution in [2.75, 3.05) is 0 Å². The van der Waals surface area contributed by atoms with Crippen LogP contribution in [0.5, 0.6) is 0 Å². The SMILES string of the molecule is OC1(Cc2ccc3ccccc3c2)CC2CCCC(C1)N2Cc1ccccc1. The fraction of sp³-hybridized carbons (Fsp3) is 0.385. The van der Waals surface area contributed by atoms with Gasteiger partial charge in [-0.2, -0.15) is 0 Å². The van der Waals surface area contributed by atoms with Crippen LogP contribution in [0.3, 0.4) is 0 Å². The number of fused-ring (bicyclic) bond motifs is 3.